The van der Waals surface area contributed by atoms with E-state index in [0.29, 0.717) is 6.54 Å². The van der Waals surface area contributed by atoms with Gasteiger partial charge in [-0.1, -0.05) is 12.1 Å². The van der Waals surface area contributed by atoms with Crippen LogP contribution in [0.4, 0.5) is 5.69 Å². The fourth-order valence-electron chi connectivity index (χ4n) is 2.03. The third kappa shape index (κ3) is 2.72. The molecule has 0 saturated carbocycles. The molecule has 0 radical (unpaired) electrons. The number of imidazole rings is 1. The average molecular weight is 284 g/mol. The highest BCUT2D eigenvalue weighted by atomic mass is 32.1. The molecule has 0 fully saturated rings. The smallest absolute Gasteiger partial charge is 0.127 e. The van der Waals surface area contributed by atoms with Crippen molar-refractivity contribution in [2.45, 2.75) is 13.5 Å². The topological polar surface area (TPSA) is 42.7 Å². The summed E-state index contributed by atoms with van der Waals surface area (Å²) in [6.45, 7) is 2.74. The molecule has 3 rings (SSSR count). The monoisotopic (exact) mass is 284 g/mol. The molecule has 0 aliphatic carbocycles. The van der Waals surface area contributed by atoms with Gasteiger partial charge in [-0.25, -0.2) is 9.97 Å². The summed E-state index contributed by atoms with van der Waals surface area (Å²) in [4.78, 5) is 8.83. The van der Waals surface area contributed by atoms with Gasteiger partial charge in [-0.3, -0.25) is 0 Å². The molecule has 0 aliphatic rings. The van der Waals surface area contributed by atoms with Crippen molar-refractivity contribution >= 4 is 17.0 Å². The third-order valence-corrected chi connectivity index (χ3v) is 3.92. The fourth-order valence-corrected chi connectivity index (χ4v) is 2.65. The molecular weight excluding hydrogens is 268 g/mol. The Morgan fingerprint density at radius 1 is 1.35 bits per heavy atom. The number of anilines is 1. The van der Waals surface area contributed by atoms with E-state index in [1.54, 1.807) is 11.3 Å². The fraction of sp³-hybridized carbons (Fsp3) is 0.200. The molecule has 1 aromatic carbocycles. The summed E-state index contributed by atoms with van der Waals surface area (Å²) in [7, 11) is 2.00. The lowest BCUT2D eigenvalue weighted by Gasteiger charge is -2.07. The summed E-state index contributed by atoms with van der Waals surface area (Å²) in [5, 5.41) is 6.58. The molecule has 0 bridgehead atoms. The number of nitrogens with one attached hydrogen (secondary N) is 1. The van der Waals surface area contributed by atoms with Gasteiger partial charge in [-0.2, -0.15) is 0 Å². The van der Waals surface area contributed by atoms with Crippen molar-refractivity contribution in [3.8, 4) is 11.3 Å². The van der Waals surface area contributed by atoms with Gasteiger partial charge >= 0.3 is 0 Å². The first-order chi connectivity index (χ1) is 9.72. The van der Waals surface area contributed by atoms with Crippen LogP contribution in [0.15, 0.2) is 42.0 Å². The van der Waals surface area contributed by atoms with Crippen LogP contribution in [0.3, 0.4) is 0 Å². The van der Waals surface area contributed by atoms with E-state index >= 15 is 0 Å². The lowest BCUT2D eigenvalue weighted by Crippen LogP contribution is -2.05. The highest BCUT2D eigenvalue weighted by molar-refractivity contribution is 7.09. The minimum absolute atomic E-state index is 0.711. The van der Waals surface area contributed by atoms with Gasteiger partial charge in [0.1, 0.15) is 5.82 Å². The largest absolute Gasteiger partial charge is 0.378 e. The van der Waals surface area contributed by atoms with Crippen molar-refractivity contribution in [2.24, 2.45) is 7.05 Å². The van der Waals surface area contributed by atoms with Crippen LogP contribution < -0.4 is 5.32 Å². The lowest BCUT2D eigenvalue weighted by molar-refractivity contribution is 0.813. The van der Waals surface area contributed by atoms with Crippen molar-refractivity contribution in [2.75, 3.05) is 5.32 Å². The second kappa shape index (κ2) is 5.46. The number of hydrogen-bond donors (Lipinski definition) is 1. The Balaban J connectivity index is 1.76. The Morgan fingerprint density at radius 2 is 2.25 bits per heavy atom. The maximum Gasteiger partial charge on any atom is 0.127 e. The van der Waals surface area contributed by atoms with Crippen LogP contribution >= 0.6 is 11.3 Å². The number of benzene rings is 1. The first kappa shape index (κ1) is 12.9. The summed E-state index contributed by atoms with van der Waals surface area (Å²) in [5.41, 5.74) is 3.25. The molecule has 2 aromatic heterocycles. The molecule has 0 saturated heterocycles. The first-order valence-corrected chi connectivity index (χ1v) is 7.33. The number of aromatic nitrogens is 3. The normalized spacial score (nSPS) is 10.7. The minimum atomic E-state index is 0.711. The number of aryl methyl sites for hydroxylation is 2. The molecule has 4 nitrogen and oxygen atoms in total. The van der Waals surface area contributed by atoms with Gasteiger partial charge in [0.15, 0.2) is 0 Å². The van der Waals surface area contributed by atoms with Gasteiger partial charge < -0.3 is 9.88 Å². The number of thiazole rings is 1. The van der Waals surface area contributed by atoms with E-state index < -0.39 is 0 Å². The minimum Gasteiger partial charge on any atom is -0.378 e. The van der Waals surface area contributed by atoms with Crippen LogP contribution in [0.2, 0.25) is 0 Å². The molecule has 20 heavy (non-hydrogen) atoms. The van der Waals surface area contributed by atoms with Crippen LogP contribution in [0.5, 0.6) is 0 Å². The van der Waals surface area contributed by atoms with Crippen LogP contribution in [0.25, 0.3) is 11.3 Å². The van der Waals surface area contributed by atoms with Crippen LogP contribution in [-0.4, -0.2) is 14.5 Å². The summed E-state index contributed by atoms with van der Waals surface area (Å²) in [6, 6.07) is 8.31. The van der Waals surface area contributed by atoms with E-state index in [9.17, 15) is 0 Å². The molecule has 5 heteroatoms. The average Bonchev–Trinajstić information content (AvgIpc) is 3.06. The zero-order chi connectivity index (χ0) is 13.9. The maximum absolute atomic E-state index is 4.52. The van der Waals surface area contributed by atoms with Crippen molar-refractivity contribution in [1.82, 2.24) is 14.5 Å². The SMILES string of the molecule is Cc1nc(-c2cccc(NCc3nccn3C)c2)cs1. The summed E-state index contributed by atoms with van der Waals surface area (Å²) in [5.74, 6) is 1.01. The molecule has 0 aliphatic heterocycles. The molecule has 0 atom stereocenters. The van der Waals surface area contributed by atoms with E-state index in [2.05, 4.69) is 38.9 Å². The maximum atomic E-state index is 4.52. The second-order valence-corrected chi connectivity index (χ2v) is 5.70. The van der Waals surface area contributed by atoms with Crippen LogP contribution in [0.1, 0.15) is 10.8 Å². The van der Waals surface area contributed by atoms with E-state index in [-0.39, 0.29) is 0 Å². The van der Waals surface area contributed by atoms with E-state index in [4.69, 9.17) is 0 Å². The highest BCUT2D eigenvalue weighted by Crippen LogP contribution is 2.24. The summed E-state index contributed by atoms with van der Waals surface area (Å²) in [6.07, 6.45) is 3.76. The number of hydrogen-bond acceptors (Lipinski definition) is 4. The van der Waals surface area contributed by atoms with E-state index in [1.165, 1.54) is 0 Å². The predicted octanol–water partition coefficient (Wildman–Crippen LogP) is 3.46. The predicted molar refractivity (Wildman–Crippen MR) is 82.8 cm³/mol. The second-order valence-electron chi connectivity index (χ2n) is 4.64. The van der Waals surface area contributed by atoms with E-state index in [1.807, 2.05) is 37.0 Å². The van der Waals surface area contributed by atoms with Crippen molar-refractivity contribution in [3.63, 3.8) is 0 Å². The van der Waals surface area contributed by atoms with Crippen molar-refractivity contribution < 1.29 is 0 Å². The summed E-state index contributed by atoms with van der Waals surface area (Å²) >= 11 is 1.67. The molecule has 0 unspecified atom stereocenters. The Kier molecular flexibility index (Phi) is 3.52. The Hall–Kier alpha value is -2.14. The molecular formula is C15H16N4S. The molecule has 3 aromatic rings. The van der Waals surface area contributed by atoms with Gasteiger partial charge in [0.2, 0.25) is 0 Å². The summed E-state index contributed by atoms with van der Waals surface area (Å²) < 4.78 is 2.01. The van der Waals surface area contributed by atoms with Crippen molar-refractivity contribution in [1.29, 1.82) is 0 Å². The Bertz CT molecular complexity index is 714. The zero-order valence-corrected chi connectivity index (χ0v) is 12.3. The molecule has 0 amide bonds. The Morgan fingerprint density at radius 3 is 2.95 bits per heavy atom. The number of rotatable bonds is 4. The molecule has 2 heterocycles. The van der Waals surface area contributed by atoms with Crippen LogP contribution in [-0.2, 0) is 13.6 Å². The zero-order valence-electron chi connectivity index (χ0n) is 11.5. The van der Waals surface area contributed by atoms with Crippen molar-refractivity contribution in [3.05, 3.63) is 52.9 Å². The van der Waals surface area contributed by atoms with Gasteiger partial charge in [0.05, 0.1) is 17.2 Å². The van der Waals surface area contributed by atoms with E-state index in [0.717, 1.165) is 27.8 Å². The standard InChI is InChI=1S/C15H16N4S/c1-11-18-14(10-20-11)12-4-3-5-13(8-12)17-9-15-16-6-7-19(15)2/h3-8,10,17H,9H2,1-2H3. The first-order valence-electron chi connectivity index (χ1n) is 6.45. The highest BCUT2D eigenvalue weighted by Gasteiger charge is 2.04. The van der Waals surface area contributed by atoms with Gasteiger partial charge in [-0.05, 0) is 19.1 Å². The molecule has 0 spiro atoms. The molecule has 1 N–H and O–H groups in total. The van der Waals surface area contributed by atoms with Crippen LogP contribution in [0, 0.1) is 6.92 Å². The number of nitrogens with zero attached hydrogens (tertiary/aromatic N) is 3. The van der Waals surface area contributed by atoms with Gasteiger partial charge in [0, 0.05) is 36.1 Å². The third-order valence-electron chi connectivity index (χ3n) is 3.15. The Labute approximate surface area is 122 Å². The van der Waals surface area contributed by atoms with Gasteiger partial charge in [-0.15, -0.1) is 11.3 Å². The lowest BCUT2D eigenvalue weighted by atomic mass is 10.1. The quantitative estimate of drug-likeness (QED) is 0.797. The molecule has 102 valence electrons. The van der Waals surface area contributed by atoms with Gasteiger partial charge in [0.25, 0.3) is 0 Å².